The van der Waals surface area contributed by atoms with Crippen molar-refractivity contribution < 1.29 is 158 Å². The van der Waals surface area contributed by atoms with E-state index in [1.807, 2.05) is 48.0 Å². The number of pyridine rings is 3. The third-order valence-corrected chi connectivity index (χ3v) is 14.9. The summed E-state index contributed by atoms with van der Waals surface area (Å²) in [5.41, 5.74) is 26.0. The average Bonchev–Trinajstić information content (AvgIpc) is 4.33. The number of carbonyl (C=O) groups excluding carboxylic acids is 3. The van der Waals surface area contributed by atoms with Crippen molar-refractivity contribution in [1.29, 1.82) is 0 Å². The molecule has 0 aliphatic carbocycles. The van der Waals surface area contributed by atoms with E-state index in [2.05, 4.69) is 120 Å². The second-order valence-corrected chi connectivity index (χ2v) is 20.8. The van der Waals surface area contributed by atoms with Crippen molar-refractivity contribution in [1.82, 2.24) is 35.4 Å². The van der Waals surface area contributed by atoms with Crippen LogP contribution >= 0.6 is 97.7 Å². The van der Waals surface area contributed by atoms with Crippen LogP contribution in [0.4, 0.5) is 0 Å². The molecular formula is C50H46Br4K2N12O11S3. The number of hydroxylamine groups is 1. The van der Waals surface area contributed by atoms with E-state index in [4.69, 9.17) is 55.6 Å². The Hall–Kier alpha value is -3.89. The van der Waals surface area contributed by atoms with Crippen LogP contribution in [0.25, 0.3) is 30.6 Å². The van der Waals surface area contributed by atoms with Gasteiger partial charge in [-0.15, -0.1) is 34.0 Å². The van der Waals surface area contributed by atoms with E-state index in [0.29, 0.717) is 67.0 Å². The summed E-state index contributed by atoms with van der Waals surface area (Å²) in [4.78, 5) is 75.3. The van der Waals surface area contributed by atoms with Gasteiger partial charge in [0, 0.05) is 11.1 Å². The smallest absolute Gasteiger partial charge is 1.00 e. The number of Topliss-reactive ketones (excluding diaryl/α,β-unsaturated/α-hetero) is 2. The fourth-order valence-corrected chi connectivity index (χ4v) is 10.00. The Labute approximate surface area is 600 Å². The number of ether oxygens (including phenoxy) is 3. The molecule has 6 N–H and O–H groups in total. The number of nitrogens with two attached hydrogens (primary N) is 2. The predicted molar refractivity (Wildman–Crippen MR) is 319 cm³/mol. The van der Waals surface area contributed by atoms with E-state index in [0.717, 1.165) is 46.2 Å². The van der Waals surface area contributed by atoms with Crippen LogP contribution in [-0.4, -0.2) is 111 Å². The molecule has 1 aliphatic heterocycles. The first kappa shape index (κ1) is 72.4. The summed E-state index contributed by atoms with van der Waals surface area (Å²) in [5, 5.41) is 23.8. The second kappa shape index (κ2) is 37.5. The summed E-state index contributed by atoms with van der Waals surface area (Å²) in [5.74, 6) is 1.77. The van der Waals surface area contributed by atoms with Crippen molar-refractivity contribution in [2.45, 2.75) is 13.5 Å². The summed E-state index contributed by atoms with van der Waals surface area (Å²) < 4.78 is 20.6. The number of alkyl halides is 1. The molecule has 0 bridgehead atoms. The Morgan fingerprint density at radius 1 is 0.732 bits per heavy atom. The molecule has 0 saturated carbocycles. The molecule has 0 amide bonds. The van der Waals surface area contributed by atoms with Crippen molar-refractivity contribution in [3.05, 3.63) is 155 Å². The SMILES string of the molecule is C.COc1nc(/C(N)=N/O)ccc1Br.COc1nc(/C(N)=N/OCC(=O)c2ccc3ncsc3c2)ccc1Br.COc1nc(C2=NC(c3ccc4ncsc4c3)CON2)ccc1Br.O=C(CBr)c1ccc2ncsc2c1.O=CO[O-].[H-].[K+].[K+]. The Balaban J connectivity index is 0.000000377. The fourth-order valence-electron chi connectivity index (χ4n) is 6.37. The minimum Gasteiger partial charge on any atom is -1.00 e. The zero-order chi connectivity index (χ0) is 56.8. The number of thiazole rings is 3. The molecule has 1 atom stereocenters. The van der Waals surface area contributed by atoms with Crippen LogP contribution in [0.5, 0.6) is 17.6 Å². The summed E-state index contributed by atoms with van der Waals surface area (Å²) in [7, 11) is 4.57. The Kier molecular flexibility index (Phi) is 33.1. The Bertz CT molecular complexity index is 3670. The number of rotatable bonds is 14. The minimum absolute atomic E-state index is 0. The quantitative estimate of drug-likeness (QED) is 0.0139. The van der Waals surface area contributed by atoms with E-state index in [1.54, 1.807) is 83.3 Å². The van der Waals surface area contributed by atoms with Crippen LogP contribution in [0.2, 0.25) is 0 Å². The molecule has 32 heteroatoms. The van der Waals surface area contributed by atoms with E-state index in [9.17, 15) is 9.59 Å². The molecule has 0 fully saturated rings. The van der Waals surface area contributed by atoms with Gasteiger partial charge in [0.25, 0.3) is 6.47 Å². The van der Waals surface area contributed by atoms with Crippen LogP contribution in [0, 0.1) is 0 Å². The first-order valence-electron chi connectivity index (χ1n) is 22.1. The van der Waals surface area contributed by atoms with Gasteiger partial charge in [0.15, 0.2) is 29.9 Å². The summed E-state index contributed by atoms with van der Waals surface area (Å²) in [6, 6.07) is 27.4. The Morgan fingerprint density at radius 2 is 1.20 bits per heavy atom. The molecule has 82 heavy (non-hydrogen) atoms. The number of ketones is 2. The minimum atomic E-state index is -0.224. The molecule has 420 valence electrons. The molecular weight excluding hydrogens is 1440 g/mol. The molecule has 0 radical (unpaired) electrons. The molecule has 6 aromatic heterocycles. The number of hydrogen-bond acceptors (Lipinski definition) is 24. The number of nitrogens with one attached hydrogen (secondary N) is 1. The van der Waals surface area contributed by atoms with Gasteiger partial charge in [0.05, 0.1) is 87.3 Å². The van der Waals surface area contributed by atoms with E-state index >= 15 is 0 Å². The molecule has 3 aromatic carbocycles. The van der Waals surface area contributed by atoms with Crippen molar-refractivity contribution in [3.8, 4) is 17.6 Å². The number of nitrogens with zero attached hydrogens (tertiary/aromatic N) is 9. The zero-order valence-electron chi connectivity index (χ0n) is 44.1. The number of methoxy groups -OCH3 is 3. The molecule has 1 aliphatic rings. The van der Waals surface area contributed by atoms with Crippen LogP contribution in [-0.2, 0) is 19.4 Å². The van der Waals surface area contributed by atoms with Gasteiger partial charge in [-0.25, -0.2) is 35.4 Å². The summed E-state index contributed by atoms with van der Waals surface area (Å²) >= 11 is 17.7. The van der Waals surface area contributed by atoms with E-state index in [1.165, 1.54) is 25.6 Å². The van der Waals surface area contributed by atoms with Gasteiger partial charge in [0.1, 0.15) is 29.7 Å². The summed E-state index contributed by atoms with van der Waals surface area (Å²) in [6.45, 7) is 0.0557. The van der Waals surface area contributed by atoms with Crippen LogP contribution in [0.3, 0.4) is 0 Å². The van der Waals surface area contributed by atoms with Crippen molar-refractivity contribution in [3.63, 3.8) is 0 Å². The predicted octanol–water partition coefficient (Wildman–Crippen LogP) is 3.48. The maximum Gasteiger partial charge on any atom is 1.00 e. The van der Waals surface area contributed by atoms with Gasteiger partial charge < -0.3 is 47.3 Å². The third kappa shape index (κ3) is 21.0. The van der Waals surface area contributed by atoms with Crippen LogP contribution < -0.4 is 139 Å². The van der Waals surface area contributed by atoms with Crippen LogP contribution in [0.1, 0.15) is 58.3 Å². The number of oxime groups is 2. The topological polar surface area (TPSA) is 328 Å². The largest absolute Gasteiger partial charge is 1.00 e. The number of benzene rings is 3. The van der Waals surface area contributed by atoms with Crippen LogP contribution in [0.15, 0.2) is 136 Å². The second-order valence-electron chi connectivity index (χ2n) is 15.0. The van der Waals surface area contributed by atoms with Gasteiger partial charge in [-0.2, -0.15) is 0 Å². The Morgan fingerprint density at radius 3 is 1.68 bits per heavy atom. The molecule has 10 rings (SSSR count). The first-order chi connectivity index (χ1) is 38.2. The van der Waals surface area contributed by atoms with E-state index < -0.39 is 0 Å². The van der Waals surface area contributed by atoms with Crippen molar-refractivity contribution in [2.75, 3.05) is 39.9 Å². The first-order valence-corrected chi connectivity index (χ1v) is 28.2. The number of aliphatic imine (C=N–C) groups is 1. The molecule has 0 spiro atoms. The van der Waals surface area contributed by atoms with Gasteiger partial charge in [-0.3, -0.25) is 24.2 Å². The van der Waals surface area contributed by atoms with Crippen molar-refractivity contribution in [2.24, 2.45) is 26.8 Å². The van der Waals surface area contributed by atoms with Gasteiger partial charge in [0.2, 0.25) is 23.4 Å². The van der Waals surface area contributed by atoms with Gasteiger partial charge in [-0.1, -0.05) is 39.7 Å². The summed E-state index contributed by atoms with van der Waals surface area (Å²) in [6.07, 6.45) is 0. The number of hydrogen-bond donors (Lipinski definition) is 4. The molecule has 7 heterocycles. The zero-order valence-corrected chi connectivity index (χ0v) is 58.2. The monoisotopic (exact) mass is 1480 g/mol. The number of amidine groups is 3. The molecule has 23 nitrogen and oxygen atoms in total. The number of carbonyl (C=O) groups is 3. The van der Waals surface area contributed by atoms with Crippen molar-refractivity contribution >= 4 is 164 Å². The maximum absolute atomic E-state index is 12.2. The normalized spacial score (nSPS) is 12.3. The van der Waals surface area contributed by atoms with Gasteiger partial charge in [-0.05, 0) is 138 Å². The average molecular weight is 1490 g/mol. The standard InChI is InChI=1S/C16H13BrN4O3S.C16H13BrN4O2S.C9H6BrNOS.C7H8BrN3O2.CH2O3.CH4.2K.H/c1-23-16-10(17)3-5-12(20-16)15(18)21-24-7-13(22)9-2-4-11-14(6-9)25-8-19-11;1-22-16-10(17)3-5-12(20-16)15-19-13(7-23-21-15)9-2-4-11-14(6-9)24-8-18-11;10-4-8(12)6-1-2-7-9(3-6)13-5-11-7;1-13-7-4(8)2-3-5(10-7)6(9)11-12;2-1-4-3;;;;/h2-6,8H,7H2,1H3,(H2,18,21);2-6,8,13H,7H2,1H3,(H,19,21);1-3,5H,4H2;2-3,12H,1H3,(H2,9,11);1,3H;1H4;;;/q;;;;;;2*+1;-1/p-1. The number of aromatic nitrogens is 6. The number of halogens is 4. The number of fused-ring (bicyclic) bond motifs is 3. The molecule has 0 saturated heterocycles. The fraction of sp³-hybridized carbons (Fsp3) is 0.160. The molecule has 9 aromatic rings. The van der Waals surface area contributed by atoms with E-state index in [-0.39, 0.29) is 154 Å². The molecule has 1 unspecified atom stereocenters. The maximum atomic E-state index is 12.2. The van der Waals surface area contributed by atoms with Gasteiger partial charge >= 0.3 is 103 Å². The third-order valence-electron chi connectivity index (χ3n) is 10.2.